The Morgan fingerprint density at radius 1 is 1.35 bits per heavy atom. The van der Waals surface area contributed by atoms with Crippen LogP contribution >= 0.6 is 11.6 Å². The van der Waals surface area contributed by atoms with E-state index in [0.29, 0.717) is 23.9 Å². The van der Waals surface area contributed by atoms with Crippen LogP contribution in [-0.4, -0.2) is 56.2 Å². The highest BCUT2D eigenvalue weighted by Crippen LogP contribution is 2.33. The first-order chi connectivity index (χ1) is 15.0. The van der Waals surface area contributed by atoms with Crippen molar-refractivity contribution in [2.24, 2.45) is 0 Å². The second-order valence-corrected chi connectivity index (χ2v) is 7.77. The van der Waals surface area contributed by atoms with Gasteiger partial charge in [-0.25, -0.2) is 14.5 Å². The smallest absolute Gasteiger partial charge is 0.259 e. The lowest BCUT2D eigenvalue weighted by atomic mass is 10.1. The van der Waals surface area contributed by atoms with E-state index in [1.54, 1.807) is 31.0 Å². The Bertz CT molecular complexity index is 1280. The van der Waals surface area contributed by atoms with Gasteiger partial charge in [0.25, 0.3) is 5.91 Å². The number of nitrogens with one attached hydrogen (secondary N) is 1. The number of hydrogen-bond acceptors (Lipinski definition) is 7. The number of fused-ring (bicyclic) bond motifs is 2. The number of imidazole rings is 1. The summed E-state index contributed by atoms with van der Waals surface area (Å²) < 4.78 is 8.96. The molecule has 1 unspecified atom stereocenters. The number of carbonyl (C=O) groups is 1. The first-order valence-electron chi connectivity index (χ1n) is 9.91. The van der Waals surface area contributed by atoms with Crippen molar-refractivity contribution < 1.29 is 9.53 Å². The zero-order valence-electron chi connectivity index (χ0n) is 16.8. The number of morpholine rings is 1. The first kappa shape index (κ1) is 19.6. The maximum atomic E-state index is 13.1. The highest BCUT2D eigenvalue weighted by molar-refractivity contribution is 6.34. The van der Waals surface area contributed by atoms with E-state index in [1.165, 1.54) is 4.52 Å². The number of pyridine rings is 1. The van der Waals surface area contributed by atoms with E-state index in [0.717, 1.165) is 30.0 Å². The summed E-state index contributed by atoms with van der Waals surface area (Å²) in [6.45, 7) is 4.62. The van der Waals surface area contributed by atoms with E-state index in [9.17, 15) is 4.79 Å². The molecule has 160 valence electrons. The van der Waals surface area contributed by atoms with E-state index >= 15 is 0 Å². The molecule has 4 aromatic heterocycles. The minimum atomic E-state index is -0.368. The topological polar surface area (TPSA) is 115 Å². The Labute approximate surface area is 182 Å². The van der Waals surface area contributed by atoms with Crippen LogP contribution in [0.15, 0.2) is 37.1 Å². The third kappa shape index (κ3) is 3.33. The third-order valence-corrected chi connectivity index (χ3v) is 5.73. The maximum absolute atomic E-state index is 13.1. The van der Waals surface area contributed by atoms with Crippen molar-refractivity contribution in [3.63, 3.8) is 0 Å². The third-order valence-electron chi connectivity index (χ3n) is 5.43. The molecule has 1 fully saturated rings. The monoisotopic (exact) mass is 440 g/mol. The summed E-state index contributed by atoms with van der Waals surface area (Å²) in [6, 6.07) is 3.24. The number of rotatable bonds is 4. The van der Waals surface area contributed by atoms with Crippen molar-refractivity contribution in [3.05, 3.63) is 53.2 Å². The molecule has 1 amide bonds. The average molecular weight is 441 g/mol. The summed E-state index contributed by atoms with van der Waals surface area (Å²) >= 11 is 6.54. The predicted molar refractivity (Wildman–Crippen MR) is 117 cm³/mol. The Morgan fingerprint density at radius 3 is 2.97 bits per heavy atom. The highest BCUT2D eigenvalue weighted by atomic mass is 35.5. The van der Waals surface area contributed by atoms with Gasteiger partial charge in [-0.15, -0.1) is 5.10 Å². The molecule has 3 N–H and O–H groups in total. The van der Waals surface area contributed by atoms with Gasteiger partial charge in [-0.05, 0) is 19.1 Å². The molecular weight excluding hydrogens is 420 g/mol. The molecule has 5 heterocycles. The van der Waals surface area contributed by atoms with Gasteiger partial charge in [0.15, 0.2) is 11.5 Å². The van der Waals surface area contributed by atoms with Gasteiger partial charge in [-0.2, -0.15) is 0 Å². The van der Waals surface area contributed by atoms with E-state index in [1.807, 2.05) is 17.4 Å². The van der Waals surface area contributed by atoms with E-state index < -0.39 is 0 Å². The van der Waals surface area contributed by atoms with E-state index in [-0.39, 0.29) is 23.3 Å². The molecule has 1 aliphatic heterocycles. The van der Waals surface area contributed by atoms with Crippen LogP contribution in [0, 0.1) is 0 Å². The van der Waals surface area contributed by atoms with E-state index in [4.69, 9.17) is 22.1 Å². The Hall–Kier alpha value is -3.37. The highest BCUT2D eigenvalue weighted by Gasteiger charge is 2.26. The number of amides is 1. The average Bonchev–Trinajstić information content (AvgIpc) is 3.38. The van der Waals surface area contributed by atoms with Crippen LogP contribution in [0.5, 0.6) is 0 Å². The molecule has 1 atom stereocenters. The second-order valence-electron chi connectivity index (χ2n) is 7.36. The summed E-state index contributed by atoms with van der Waals surface area (Å²) in [5.41, 5.74) is 8.34. The minimum absolute atomic E-state index is 0.125. The van der Waals surface area contributed by atoms with Crippen molar-refractivity contribution in [3.8, 4) is 0 Å². The van der Waals surface area contributed by atoms with E-state index in [2.05, 4.69) is 25.3 Å². The van der Waals surface area contributed by atoms with Gasteiger partial charge < -0.3 is 20.7 Å². The number of nitrogen functional groups attached to an aromatic ring is 1. The van der Waals surface area contributed by atoms with Crippen molar-refractivity contribution in [2.45, 2.75) is 13.0 Å². The van der Waals surface area contributed by atoms with Crippen LogP contribution in [0.25, 0.3) is 11.2 Å². The summed E-state index contributed by atoms with van der Waals surface area (Å²) in [4.78, 5) is 23.9. The number of nitrogens with two attached hydrogens (primary N) is 1. The van der Waals surface area contributed by atoms with Gasteiger partial charge in [0, 0.05) is 31.0 Å². The quantitative estimate of drug-likeness (QED) is 0.498. The summed E-state index contributed by atoms with van der Waals surface area (Å²) in [6.07, 6.45) is 6.75. The lowest BCUT2D eigenvalue weighted by Crippen LogP contribution is -2.39. The molecule has 0 spiro atoms. The fraction of sp³-hybridized carbons (Fsp3) is 0.300. The molecule has 10 nitrogen and oxygen atoms in total. The number of anilines is 2. The second kappa shape index (κ2) is 7.71. The molecule has 0 radical (unpaired) electrons. The largest absolute Gasteiger partial charge is 0.381 e. The van der Waals surface area contributed by atoms with Crippen LogP contribution < -0.4 is 16.0 Å². The standard InChI is InChI=1S/C20H21ClN8O2/c1-12(25-19(30)16-17(22)26-29-4-2-3-24-18(16)29)13-9-14(21)15-10-23-11-28(15)20(13)27-5-7-31-8-6-27/h2-4,9-12H,5-8H2,1H3,(H2,22,26)(H,25,30). The SMILES string of the molecule is CC(NC(=O)c1c(N)nn2cccnc12)c1cc(Cl)c2cncn2c1N1CCOCC1. The van der Waals surface area contributed by atoms with Gasteiger partial charge >= 0.3 is 0 Å². The van der Waals surface area contributed by atoms with Crippen molar-refractivity contribution in [1.29, 1.82) is 0 Å². The van der Waals surface area contributed by atoms with Gasteiger partial charge in [0.1, 0.15) is 17.7 Å². The Morgan fingerprint density at radius 2 is 2.16 bits per heavy atom. The van der Waals surface area contributed by atoms with Crippen LogP contribution in [0.2, 0.25) is 5.02 Å². The molecule has 11 heteroatoms. The number of nitrogens with zero attached hydrogens (tertiary/aromatic N) is 6. The Balaban J connectivity index is 1.54. The molecule has 1 saturated heterocycles. The van der Waals surface area contributed by atoms with Gasteiger partial charge in [-0.1, -0.05) is 11.6 Å². The lowest BCUT2D eigenvalue weighted by Gasteiger charge is -2.32. The fourth-order valence-electron chi connectivity index (χ4n) is 3.95. The van der Waals surface area contributed by atoms with Gasteiger partial charge in [-0.3, -0.25) is 9.20 Å². The van der Waals surface area contributed by atoms with Gasteiger partial charge in [0.2, 0.25) is 0 Å². The van der Waals surface area contributed by atoms with Crippen LogP contribution in [-0.2, 0) is 4.74 Å². The maximum Gasteiger partial charge on any atom is 0.259 e. The molecule has 0 bridgehead atoms. The van der Waals surface area contributed by atoms with Crippen LogP contribution in [0.3, 0.4) is 0 Å². The minimum Gasteiger partial charge on any atom is -0.381 e. The number of carbonyl (C=O) groups excluding carboxylic acids is 1. The normalized spacial score (nSPS) is 15.5. The molecule has 1 aliphatic rings. The molecule has 0 saturated carbocycles. The number of ether oxygens (including phenoxy) is 1. The summed E-state index contributed by atoms with van der Waals surface area (Å²) in [5.74, 6) is 0.701. The predicted octanol–water partition coefficient (Wildman–Crippen LogP) is 1.94. The van der Waals surface area contributed by atoms with Crippen LogP contribution in [0.4, 0.5) is 11.6 Å². The zero-order chi connectivity index (χ0) is 21.5. The molecule has 0 aromatic carbocycles. The zero-order valence-corrected chi connectivity index (χ0v) is 17.6. The molecule has 4 aromatic rings. The first-order valence-corrected chi connectivity index (χ1v) is 10.3. The van der Waals surface area contributed by atoms with Crippen LogP contribution in [0.1, 0.15) is 28.9 Å². The van der Waals surface area contributed by atoms with Crippen molar-refractivity contribution >= 4 is 40.3 Å². The lowest BCUT2D eigenvalue weighted by molar-refractivity contribution is 0.0942. The molecule has 5 rings (SSSR count). The van der Waals surface area contributed by atoms with Gasteiger partial charge in [0.05, 0.1) is 36.0 Å². The summed E-state index contributed by atoms with van der Waals surface area (Å²) in [7, 11) is 0. The summed E-state index contributed by atoms with van der Waals surface area (Å²) in [5, 5.41) is 7.76. The van der Waals surface area contributed by atoms with Crippen molar-refractivity contribution in [2.75, 3.05) is 36.9 Å². The molecule has 0 aliphatic carbocycles. The molecular formula is C20H21ClN8O2. The van der Waals surface area contributed by atoms with Crippen molar-refractivity contribution in [1.82, 2.24) is 29.3 Å². The number of hydrogen-bond donors (Lipinski definition) is 2. The fourth-order valence-corrected chi connectivity index (χ4v) is 4.21. The number of halogens is 1. The Kier molecular flexibility index (Phi) is 4.87. The molecule has 31 heavy (non-hydrogen) atoms. The number of aromatic nitrogens is 5.